The summed E-state index contributed by atoms with van der Waals surface area (Å²) in [7, 11) is 3.98. The van der Waals surface area contributed by atoms with Crippen LogP contribution in [0.2, 0.25) is 0 Å². The standard InChI is InChI=1S/C49H50N6O7.ClH/c1-31-41(49(59)55(36-10-14-40(57)15-11-36)38-23-33-16-17-50(2)47(33)53(29-38)35-8-12-39(56)13-9-35)24-44(51(31)3)42-25-45-46(62-30-61-45)26-43(42)48(58)54-27-34-7-5-4-6-32(34)22-37(54)28-52-18-20-60-21-19-52;/h4-15,23-26,37,56-57H,16-22,27-30H2,1-3H3;1H/t37-;/m0./s1. The smallest absolute Gasteiger partial charge is 0.264 e. The second kappa shape index (κ2) is 17.0. The van der Waals surface area contributed by atoms with Crippen LogP contribution in [0.4, 0.5) is 11.4 Å². The lowest BCUT2D eigenvalue weighted by atomic mass is 9.92. The Hall–Kier alpha value is -6.41. The number of anilines is 2. The van der Waals surface area contributed by atoms with Gasteiger partial charge in [0.25, 0.3) is 11.8 Å². The summed E-state index contributed by atoms with van der Waals surface area (Å²) in [6, 6.07) is 27.6. The topological polar surface area (TPSA) is 123 Å². The highest BCUT2D eigenvalue weighted by molar-refractivity contribution is 6.11. The van der Waals surface area contributed by atoms with E-state index >= 15 is 9.59 Å². The zero-order valence-corrected chi connectivity index (χ0v) is 36.4. The van der Waals surface area contributed by atoms with Crippen molar-refractivity contribution >= 4 is 35.6 Å². The van der Waals surface area contributed by atoms with Gasteiger partial charge in [-0.2, -0.15) is 0 Å². The lowest BCUT2D eigenvalue weighted by Gasteiger charge is -2.40. The van der Waals surface area contributed by atoms with Crippen molar-refractivity contribution in [2.75, 3.05) is 69.6 Å². The molecule has 0 aliphatic carbocycles. The minimum absolute atomic E-state index is 0. The van der Waals surface area contributed by atoms with Gasteiger partial charge in [0.05, 0.1) is 30.9 Å². The molecule has 10 rings (SSSR count). The van der Waals surface area contributed by atoms with Gasteiger partial charge in [-0.1, -0.05) is 24.3 Å². The van der Waals surface area contributed by atoms with Crippen LogP contribution in [0.25, 0.3) is 11.3 Å². The van der Waals surface area contributed by atoms with E-state index in [1.807, 2.05) is 53.8 Å². The van der Waals surface area contributed by atoms with E-state index < -0.39 is 0 Å². The van der Waals surface area contributed by atoms with Crippen LogP contribution < -0.4 is 19.3 Å². The molecular formula is C49H51ClN6O7. The van der Waals surface area contributed by atoms with Gasteiger partial charge in [0.1, 0.15) is 17.3 Å². The van der Waals surface area contributed by atoms with Crippen molar-refractivity contribution in [2.24, 2.45) is 7.05 Å². The fraction of sp³-hybridized carbons (Fsp3) is 0.306. The van der Waals surface area contributed by atoms with E-state index in [1.165, 1.54) is 5.56 Å². The summed E-state index contributed by atoms with van der Waals surface area (Å²) in [5, 5.41) is 20.5. The Morgan fingerprint density at radius 1 is 0.810 bits per heavy atom. The Morgan fingerprint density at radius 2 is 1.49 bits per heavy atom. The van der Waals surface area contributed by atoms with Crippen LogP contribution in [-0.2, 0) is 24.8 Å². The van der Waals surface area contributed by atoms with Gasteiger partial charge in [0.15, 0.2) is 11.5 Å². The van der Waals surface area contributed by atoms with Gasteiger partial charge >= 0.3 is 0 Å². The minimum Gasteiger partial charge on any atom is -0.508 e. The molecule has 5 aliphatic rings. The summed E-state index contributed by atoms with van der Waals surface area (Å²) in [6.45, 7) is 7.34. The van der Waals surface area contributed by atoms with Crippen molar-refractivity contribution < 1.29 is 34.0 Å². The van der Waals surface area contributed by atoms with Gasteiger partial charge in [0.2, 0.25) is 6.79 Å². The van der Waals surface area contributed by atoms with Crippen molar-refractivity contribution in [3.05, 3.63) is 142 Å². The van der Waals surface area contributed by atoms with E-state index in [9.17, 15) is 10.2 Å². The average molecular weight is 871 g/mol. The number of benzene rings is 4. The molecule has 14 heteroatoms. The van der Waals surface area contributed by atoms with E-state index in [4.69, 9.17) is 14.2 Å². The summed E-state index contributed by atoms with van der Waals surface area (Å²) >= 11 is 0. The van der Waals surface area contributed by atoms with Crippen LogP contribution in [-0.4, -0.2) is 107 Å². The molecule has 1 fully saturated rings. The molecule has 13 nitrogen and oxygen atoms in total. The van der Waals surface area contributed by atoms with Crippen molar-refractivity contribution in [2.45, 2.75) is 32.4 Å². The summed E-state index contributed by atoms with van der Waals surface area (Å²) in [6.07, 6.45) is 3.65. The molecule has 0 saturated carbocycles. The molecule has 1 aromatic heterocycles. The summed E-state index contributed by atoms with van der Waals surface area (Å²) in [5.74, 6) is 2.00. The molecule has 1 saturated heterocycles. The molecule has 5 aromatic rings. The molecule has 2 amide bonds. The number of fused-ring (bicyclic) bond motifs is 2. The molecule has 4 aromatic carbocycles. The lowest BCUT2D eigenvalue weighted by molar-refractivity contribution is 0.0193. The number of nitrogens with zero attached hydrogens (tertiary/aromatic N) is 6. The number of halogens is 1. The minimum atomic E-state index is -0.255. The van der Waals surface area contributed by atoms with E-state index in [2.05, 4.69) is 46.0 Å². The number of aromatic nitrogens is 1. The Kier molecular flexibility index (Phi) is 11.3. The molecule has 0 bridgehead atoms. The lowest BCUT2D eigenvalue weighted by Crippen LogP contribution is -2.52. The number of amides is 2. The predicted molar refractivity (Wildman–Crippen MR) is 243 cm³/mol. The molecule has 326 valence electrons. The first-order chi connectivity index (χ1) is 30.1. The highest BCUT2D eigenvalue weighted by Gasteiger charge is 2.37. The van der Waals surface area contributed by atoms with Crippen molar-refractivity contribution in [3.8, 4) is 34.3 Å². The Bertz CT molecular complexity index is 2640. The number of aromatic hydroxyl groups is 2. The number of hydrogen-bond donors (Lipinski definition) is 2. The predicted octanol–water partition coefficient (Wildman–Crippen LogP) is 7.06. The zero-order valence-electron chi connectivity index (χ0n) is 35.6. The zero-order chi connectivity index (χ0) is 42.6. The largest absolute Gasteiger partial charge is 0.508 e. The normalized spacial score (nSPS) is 18.2. The SMILES string of the molecule is Cc1c(C(=O)N(C2=CC3=C(N(C)CC3)N(c3ccc(O)cc3)C2)c2ccc(O)cc2)cc(-c2cc3c(cc2C(=O)N2Cc4ccccc4C[C@H]2CN2CCOCC2)OCO3)n1C.Cl. The highest BCUT2D eigenvalue weighted by atomic mass is 35.5. The molecule has 63 heavy (non-hydrogen) atoms. The van der Waals surface area contributed by atoms with Crippen LogP contribution in [0.3, 0.4) is 0 Å². The molecule has 0 radical (unpaired) electrons. The first-order valence-corrected chi connectivity index (χ1v) is 21.2. The number of phenolic OH excluding ortho intramolecular Hbond substituents is 2. The van der Waals surface area contributed by atoms with Gasteiger partial charge in [-0.05, 0) is 109 Å². The number of phenols is 2. The summed E-state index contributed by atoms with van der Waals surface area (Å²) in [4.78, 5) is 41.2. The third-order valence-electron chi connectivity index (χ3n) is 13.0. The molecular weight excluding hydrogens is 820 g/mol. The average Bonchev–Trinajstić information content (AvgIpc) is 4.00. The fourth-order valence-corrected chi connectivity index (χ4v) is 9.60. The van der Waals surface area contributed by atoms with E-state index in [0.29, 0.717) is 71.6 Å². The number of carbonyl (C=O) groups is 2. The molecule has 6 heterocycles. The molecule has 0 unspecified atom stereocenters. The van der Waals surface area contributed by atoms with Gasteiger partial charge in [0, 0.05) is 86.9 Å². The third-order valence-corrected chi connectivity index (χ3v) is 13.0. The highest BCUT2D eigenvalue weighted by Crippen LogP contribution is 2.43. The maximum Gasteiger partial charge on any atom is 0.264 e. The maximum absolute atomic E-state index is 15.4. The Balaban J connectivity index is 0.00000504. The van der Waals surface area contributed by atoms with Gasteiger partial charge in [-0.3, -0.25) is 19.4 Å². The Morgan fingerprint density at radius 3 is 2.22 bits per heavy atom. The second-order valence-electron chi connectivity index (χ2n) is 16.7. The van der Waals surface area contributed by atoms with Gasteiger partial charge < -0.3 is 43.7 Å². The number of ether oxygens (including phenoxy) is 3. The maximum atomic E-state index is 15.4. The first kappa shape index (κ1) is 41.9. The number of allylic oxidation sites excluding steroid dienone is 1. The molecule has 2 N–H and O–H groups in total. The summed E-state index contributed by atoms with van der Waals surface area (Å²) < 4.78 is 19.4. The second-order valence-corrected chi connectivity index (χ2v) is 16.7. The molecule has 5 aliphatic heterocycles. The van der Waals surface area contributed by atoms with Crippen LogP contribution in [0.15, 0.2) is 114 Å². The van der Waals surface area contributed by atoms with Crippen molar-refractivity contribution in [1.82, 2.24) is 19.3 Å². The van der Waals surface area contributed by atoms with Crippen LogP contribution in [0, 0.1) is 6.92 Å². The fourth-order valence-electron chi connectivity index (χ4n) is 9.60. The van der Waals surface area contributed by atoms with E-state index in [1.54, 1.807) is 47.4 Å². The van der Waals surface area contributed by atoms with Crippen LogP contribution >= 0.6 is 12.4 Å². The van der Waals surface area contributed by atoms with Gasteiger partial charge in [-0.25, -0.2) is 0 Å². The van der Waals surface area contributed by atoms with Crippen LogP contribution in [0.1, 0.15) is 44.0 Å². The number of hydrogen-bond acceptors (Lipinski definition) is 10. The molecule has 0 spiro atoms. The van der Waals surface area contributed by atoms with Gasteiger partial charge in [-0.15, -0.1) is 12.4 Å². The van der Waals surface area contributed by atoms with Crippen molar-refractivity contribution in [3.63, 3.8) is 0 Å². The van der Waals surface area contributed by atoms with E-state index in [0.717, 1.165) is 67.4 Å². The number of morpholine rings is 1. The number of rotatable bonds is 8. The number of carbonyl (C=O) groups excluding carboxylic acids is 2. The van der Waals surface area contributed by atoms with E-state index in [-0.39, 0.29) is 48.6 Å². The summed E-state index contributed by atoms with van der Waals surface area (Å²) in [5.41, 5.74) is 8.70. The third kappa shape index (κ3) is 7.74. The van der Waals surface area contributed by atoms with Crippen LogP contribution in [0.5, 0.6) is 23.0 Å². The quantitative estimate of drug-likeness (QED) is 0.168. The monoisotopic (exact) mass is 870 g/mol. The van der Waals surface area contributed by atoms with Crippen molar-refractivity contribution in [1.29, 1.82) is 0 Å². The molecule has 1 atom stereocenters. The first-order valence-electron chi connectivity index (χ1n) is 21.2. The Labute approximate surface area is 373 Å².